The van der Waals surface area contributed by atoms with Gasteiger partial charge in [0.25, 0.3) is 5.91 Å². The maximum absolute atomic E-state index is 15.2. The fraction of sp³-hybridized carbons (Fsp3) is 0.421. The second-order valence-corrected chi connectivity index (χ2v) is 14.1. The number of rotatable bonds is 9. The summed E-state index contributed by atoms with van der Waals surface area (Å²) in [5.41, 5.74) is 3.03. The van der Waals surface area contributed by atoms with Gasteiger partial charge < -0.3 is 15.0 Å². The summed E-state index contributed by atoms with van der Waals surface area (Å²) in [6.07, 6.45) is 11.4. The molecule has 1 aliphatic carbocycles. The molecule has 5 heterocycles. The zero-order chi connectivity index (χ0) is 35.8. The number of piperazine rings is 1. The molecule has 2 N–H and O–H groups in total. The molecule has 3 aliphatic rings. The van der Waals surface area contributed by atoms with Crippen LogP contribution in [0.4, 0.5) is 15.9 Å². The molecule has 1 atom stereocenters. The number of fused-ring (bicyclic) bond motifs is 2. The van der Waals surface area contributed by atoms with Crippen LogP contribution in [-0.2, 0) is 9.59 Å². The summed E-state index contributed by atoms with van der Waals surface area (Å²) in [4.78, 5) is 46.0. The van der Waals surface area contributed by atoms with Gasteiger partial charge in [0.2, 0.25) is 11.8 Å². The second kappa shape index (κ2) is 14.3. The number of methoxy groups -OCH3 is 1. The number of amides is 3. The van der Waals surface area contributed by atoms with E-state index in [0.29, 0.717) is 52.4 Å². The molecule has 0 spiro atoms. The largest absolute Gasteiger partial charge is 0.496 e. The Morgan fingerprint density at radius 1 is 1.04 bits per heavy atom. The minimum atomic E-state index is -0.487. The monoisotopic (exact) mass is 707 g/mol. The van der Waals surface area contributed by atoms with Crippen LogP contribution in [0, 0.1) is 11.7 Å². The topological polar surface area (TPSA) is 139 Å². The van der Waals surface area contributed by atoms with Crippen LogP contribution in [0.1, 0.15) is 72.8 Å². The molecule has 0 bridgehead atoms. The number of benzene rings is 2. The number of imidazole rings is 1. The average Bonchev–Trinajstić information content (AvgIpc) is 3.77. The van der Waals surface area contributed by atoms with Crippen LogP contribution in [0.2, 0.25) is 0 Å². The molecule has 1 unspecified atom stereocenters. The number of anilines is 2. The minimum absolute atomic E-state index is 0.271. The van der Waals surface area contributed by atoms with E-state index in [2.05, 4.69) is 35.2 Å². The van der Waals surface area contributed by atoms with E-state index in [1.165, 1.54) is 6.07 Å². The van der Waals surface area contributed by atoms with Crippen molar-refractivity contribution in [3.05, 3.63) is 78.0 Å². The van der Waals surface area contributed by atoms with E-state index < -0.39 is 5.92 Å². The lowest BCUT2D eigenvalue weighted by Gasteiger charge is -2.37. The van der Waals surface area contributed by atoms with Crippen LogP contribution in [0.15, 0.2) is 61.1 Å². The zero-order valence-corrected chi connectivity index (χ0v) is 29.1. The van der Waals surface area contributed by atoms with Gasteiger partial charge in [-0.1, -0.05) is 6.07 Å². The van der Waals surface area contributed by atoms with Crippen molar-refractivity contribution in [2.24, 2.45) is 5.92 Å². The molecule has 5 aromatic rings. The first-order chi connectivity index (χ1) is 25.3. The summed E-state index contributed by atoms with van der Waals surface area (Å²) >= 11 is 0. The van der Waals surface area contributed by atoms with Crippen LogP contribution in [0.3, 0.4) is 0 Å². The van der Waals surface area contributed by atoms with Gasteiger partial charge in [0.1, 0.15) is 11.6 Å². The lowest BCUT2D eigenvalue weighted by atomic mass is 9.84. The Morgan fingerprint density at radius 3 is 2.63 bits per heavy atom. The fourth-order valence-electron chi connectivity index (χ4n) is 7.99. The number of hydrogen-bond acceptors (Lipinski definition) is 9. The van der Waals surface area contributed by atoms with Crippen molar-refractivity contribution in [1.82, 2.24) is 34.6 Å². The smallest absolute Gasteiger partial charge is 0.260 e. The van der Waals surface area contributed by atoms with Gasteiger partial charge in [-0.15, -0.1) is 0 Å². The quantitative estimate of drug-likeness (QED) is 0.204. The maximum Gasteiger partial charge on any atom is 0.260 e. The molecule has 14 heteroatoms. The number of nitrogens with zero attached hydrogens (tertiary/aromatic N) is 7. The number of halogens is 1. The van der Waals surface area contributed by atoms with Gasteiger partial charge in [0, 0.05) is 56.4 Å². The third kappa shape index (κ3) is 6.82. The lowest BCUT2D eigenvalue weighted by molar-refractivity contribution is -0.134. The first-order valence-electron chi connectivity index (χ1n) is 18.1. The van der Waals surface area contributed by atoms with Gasteiger partial charge in [0.05, 0.1) is 42.0 Å². The van der Waals surface area contributed by atoms with E-state index in [9.17, 15) is 14.4 Å². The normalized spacial score (nSPS) is 21.4. The molecule has 2 aliphatic heterocycles. The van der Waals surface area contributed by atoms with Crippen molar-refractivity contribution in [3.8, 4) is 5.75 Å². The van der Waals surface area contributed by atoms with Gasteiger partial charge >= 0.3 is 0 Å². The van der Waals surface area contributed by atoms with Gasteiger partial charge in [0.15, 0.2) is 11.5 Å². The van der Waals surface area contributed by atoms with E-state index in [-0.39, 0.29) is 30.0 Å². The van der Waals surface area contributed by atoms with Crippen molar-refractivity contribution in [3.63, 3.8) is 0 Å². The third-order valence-corrected chi connectivity index (χ3v) is 11.0. The summed E-state index contributed by atoms with van der Waals surface area (Å²) < 4.78 is 24.4. The molecule has 3 fully saturated rings. The predicted octanol–water partition coefficient (Wildman–Crippen LogP) is 4.94. The molecule has 8 rings (SSSR count). The standard InChI is InChI=1S/C38H42FN9O4/c1-52-33-21-31-26(19-29(33)38(51)42-35-22-40-34-3-2-13-41-48(34)35)23-47(44-31)27-7-4-24(5-8-27)12-14-45-15-17-46(18-16-45)32-10-6-25(20-30(32)39)28-9-11-36(49)43-37(28)50/h2-3,6,10,13,19-24,27-28H,4-5,7-9,11-12,14-18H2,1H3,(H,42,51)(H,43,49,50). The molecule has 2 aromatic carbocycles. The molecule has 3 amide bonds. The number of carbonyl (C=O) groups is 3. The third-order valence-electron chi connectivity index (χ3n) is 11.0. The number of nitrogens with one attached hydrogen (secondary N) is 2. The average molecular weight is 708 g/mol. The summed E-state index contributed by atoms with van der Waals surface area (Å²) in [6, 6.07) is 12.6. The van der Waals surface area contributed by atoms with Crippen LogP contribution in [-0.4, -0.2) is 86.8 Å². The highest BCUT2D eigenvalue weighted by Crippen LogP contribution is 2.36. The summed E-state index contributed by atoms with van der Waals surface area (Å²) in [6.45, 7) is 4.29. The lowest BCUT2D eigenvalue weighted by Crippen LogP contribution is -2.47. The summed E-state index contributed by atoms with van der Waals surface area (Å²) in [5, 5.41) is 15.3. The predicted molar refractivity (Wildman–Crippen MR) is 193 cm³/mol. The van der Waals surface area contributed by atoms with E-state index in [1.807, 2.05) is 30.5 Å². The highest BCUT2D eigenvalue weighted by Gasteiger charge is 2.30. The number of hydrogen-bond donors (Lipinski definition) is 2. The van der Waals surface area contributed by atoms with Gasteiger partial charge in [-0.25, -0.2) is 9.37 Å². The highest BCUT2D eigenvalue weighted by atomic mass is 19.1. The van der Waals surface area contributed by atoms with Crippen molar-refractivity contribution < 1.29 is 23.5 Å². The zero-order valence-electron chi connectivity index (χ0n) is 29.1. The highest BCUT2D eigenvalue weighted by molar-refractivity contribution is 6.08. The Bertz CT molecular complexity index is 2130. The number of piperidine rings is 1. The first-order valence-corrected chi connectivity index (χ1v) is 18.1. The Hall–Kier alpha value is -5.37. The van der Waals surface area contributed by atoms with Crippen LogP contribution < -0.4 is 20.3 Å². The van der Waals surface area contributed by atoms with E-state index in [4.69, 9.17) is 9.84 Å². The number of carbonyl (C=O) groups excluding carboxylic acids is 3. The van der Waals surface area contributed by atoms with Crippen molar-refractivity contribution in [2.45, 2.75) is 56.9 Å². The molecule has 52 heavy (non-hydrogen) atoms. The summed E-state index contributed by atoms with van der Waals surface area (Å²) in [7, 11) is 1.55. The Kier molecular flexibility index (Phi) is 9.30. The molecule has 2 saturated heterocycles. The molecule has 13 nitrogen and oxygen atoms in total. The summed E-state index contributed by atoms with van der Waals surface area (Å²) in [5.74, 6) is -0.156. The Balaban J connectivity index is 0.821. The first kappa shape index (κ1) is 33.8. The maximum atomic E-state index is 15.2. The minimum Gasteiger partial charge on any atom is -0.496 e. The number of ether oxygens (including phenoxy) is 1. The van der Waals surface area contributed by atoms with Crippen LogP contribution in [0.5, 0.6) is 5.75 Å². The SMILES string of the molecule is COc1cc2nn(C3CCC(CCN4CCN(c5ccc(C6CCC(=O)NC6=O)cc5F)CC4)CC3)cc2cc1C(=O)Nc1cnc2cccnn12. The van der Waals surface area contributed by atoms with Gasteiger partial charge in [-0.05, 0) is 86.9 Å². The van der Waals surface area contributed by atoms with Gasteiger partial charge in [-0.2, -0.15) is 14.7 Å². The molecule has 0 radical (unpaired) electrons. The fourth-order valence-corrected chi connectivity index (χ4v) is 7.99. The number of imide groups is 1. The van der Waals surface area contributed by atoms with E-state index >= 15 is 4.39 Å². The molecule has 1 saturated carbocycles. The van der Waals surface area contributed by atoms with Crippen LogP contribution >= 0.6 is 0 Å². The molecular weight excluding hydrogens is 665 g/mol. The van der Waals surface area contributed by atoms with Crippen molar-refractivity contribution in [1.29, 1.82) is 0 Å². The number of aromatic nitrogens is 5. The molecular formula is C38H42FN9O4. The molecule has 3 aromatic heterocycles. The molecule has 270 valence electrons. The second-order valence-electron chi connectivity index (χ2n) is 14.1. The van der Waals surface area contributed by atoms with Crippen molar-refractivity contribution in [2.75, 3.05) is 50.1 Å². The Labute approximate surface area is 300 Å². The Morgan fingerprint density at radius 2 is 1.87 bits per heavy atom. The van der Waals surface area contributed by atoms with E-state index in [0.717, 1.165) is 75.7 Å². The van der Waals surface area contributed by atoms with Gasteiger partial charge in [-0.3, -0.25) is 29.3 Å². The van der Waals surface area contributed by atoms with Crippen molar-refractivity contribution >= 4 is 45.8 Å². The van der Waals surface area contributed by atoms with Crippen LogP contribution in [0.25, 0.3) is 16.6 Å². The van der Waals surface area contributed by atoms with E-state index in [1.54, 1.807) is 36.2 Å².